The molecule has 0 atom stereocenters. The Bertz CT molecular complexity index is 839. The van der Waals surface area contributed by atoms with E-state index < -0.39 is 0 Å². The second-order valence-corrected chi connectivity index (χ2v) is 5.98. The number of nitrogens with zero attached hydrogens (tertiary/aromatic N) is 7. The summed E-state index contributed by atoms with van der Waals surface area (Å²) in [6.07, 6.45) is 6.71. The van der Waals surface area contributed by atoms with Crippen LogP contribution in [0, 0.1) is 10.1 Å². The number of imidazole rings is 1. The van der Waals surface area contributed by atoms with Gasteiger partial charge >= 0.3 is 5.82 Å². The highest BCUT2D eigenvalue weighted by atomic mass is 32.1. The lowest BCUT2D eigenvalue weighted by atomic mass is 10.3. The van der Waals surface area contributed by atoms with E-state index in [2.05, 4.69) is 19.9 Å². The summed E-state index contributed by atoms with van der Waals surface area (Å²) in [4.78, 5) is 28.6. The summed E-state index contributed by atoms with van der Waals surface area (Å²) in [7, 11) is 0. The number of hydrogen-bond donors (Lipinski definition) is 0. The Morgan fingerprint density at radius 1 is 1.17 bits per heavy atom. The minimum Gasteiger partial charge on any atom is -0.358 e. The Labute approximate surface area is 135 Å². The van der Waals surface area contributed by atoms with Crippen LogP contribution in [0.1, 0.15) is 0 Å². The van der Waals surface area contributed by atoms with Gasteiger partial charge in [0.2, 0.25) is 5.82 Å². The van der Waals surface area contributed by atoms with E-state index in [1.807, 2.05) is 4.90 Å². The molecule has 3 aromatic heterocycles. The third-order valence-electron chi connectivity index (χ3n) is 3.84. The molecule has 0 radical (unpaired) electrons. The number of nitro groups is 1. The van der Waals surface area contributed by atoms with Gasteiger partial charge in [-0.3, -0.25) is 4.98 Å². The molecule has 0 saturated carbocycles. The normalized spacial score (nSPS) is 15.3. The summed E-state index contributed by atoms with van der Waals surface area (Å²) < 4.78 is 1.54. The Morgan fingerprint density at radius 3 is 2.65 bits per heavy atom. The van der Waals surface area contributed by atoms with Gasteiger partial charge in [0.1, 0.15) is 12.0 Å². The smallest absolute Gasteiger partial charge is 0.358 e. The molecule has 1 saturated heterocycles. The van der Waals surface area contributed by atoms with Crippen molar-refractivity contribution in [2.75, 3.05) is 36.0 Å². The Balaban J connectivity index is 1.58. The van der Waals surface area contributed by atoms with Gasteiger partial charge in [-0.15, -0.1) is 0 Å². The topological polar surface area (TPSA) is 92.7 Å². The third kappa shape index (κ3) is 2.36. The Hall–Kier alpha value is -2.75. The molecular weight excluding hydrogens is 318 g/mol. The molecule has 0 N–H and O–H groups in total. The first kappa shape index (κ1) is 13.9. The highest BCUT2D eigenvalue weighted by Crippen LogP contribution is 2.31. The molecule has 118 valence electrons. The number of anilines is 2. The average molecular weight is 331 g/mol. The summed E-state index contributed by atoms with van der Waals surface area (Å²) in [6.45, 7) is 2.76. The number of piperazine rings is 1. The first-order valence-corrected chi connectivity index (χ1v) is 7.98. The highest BCUT2D eigenvalue weighted by Gasteiger charge is 2.30. The first-order valence-electron chi connectivity index (χ1n) is 7.10. The monoisotopic (exact) mass is 331 g/mol. The van der Waals surface area contributed by atoms with Crippen LogP contribution in [-0.4, -0.2) is 50.5 Å². The second-order valence-electron chi connectivity index (χ2n) is 5.11. The summed E-state index contributed by atoms with van der Waals surface area (Å²) in [6, 6.07) is 0. The van der Waals surface area contributed by atoms with Crippen LogP contribution in [0.25, 0.3) is 4.96 Å². The third-order valence-corrected chi connectivity index (χ3v) is 4.60. The van der Waals surface area contributed by atoms with Gasteiger partial charge in [-0.25, -0.2) is 4.98 Å². The molecule has 0 amide bonds. The molecule has 1 fully saturated rings. The fourth-order valence-electron chi connectivity index (χ4n) is 2.75. The lowest BCUT2D eigenvalue weighted by Gasteiger charge is -2.34. The van der Waals surface area contributed by atoms with Crippen LogP contribution < -0.4 is 9.80 Å². The zero-order chi connectivity index (χ0) is 15.8. The fourth-order valence-corrected chi connectivity index (χ4v) is 3.45. The van der Waals surface area contributed by atoms with Crippen molar-refractivity contribution in [2.45, 2.75) is 0 Å². The predicted octanol–water partition coefficient (Wildman–Crippen LogP) is 1.42. The molecule has 0 aliphatic carbocycles. The molecule has 23 heavy (non-hydrogen) atoms. The van der Waals surface area contributed by atoms with Crippen molar-refractivity contribution in [2.24, 2.45) is 0 Å². The van der Waals surface area contributed by atoms with Gasteiger partial charge < -0.3 is 19.9 Å². The van der Waals surface area contributed by atoms with Gasteiger partial charge in [-0.05, 0) is 4.92 Å². The van der Waals surface area contributed by atoms with Crippen LogP contribution >= 0.6 is 11.3 Å². The number of hydrogen-bond acceptors (Lipinski definition) is 8. The maximum Gasteiger partial charge on any atom is 0.373 e. The van der Waals surface area contributed by atoms with Gasteiger partial charge in [0, 0.05) is 44.0 Å². The van der Waals surface area contributed by atoms with Crippen LogP contribution in [0.5, 0.6) is 0 Å². The zero-order valence-electron chi connectivity index (χ0n) is 12.1. The van der Waals surface area contributed by atoms with Gasteiger partial charge in [0.15, 0.2) is 0 Å². The van der Waals surface area contributed by atoms with Crippen molar-refractivity contribution >= 4 is 33.8 Å². The minimum absolute atomic E-state index is 0.0363. The molecule has 10 heteroatoms. The fraction of sp³-hybridized carbons (Fsp3) is 0.308. The lowest BCUT2D eigenvalue weighted by Crippen LogP contribution is -2.47. The molecule has 0 spiro atoms. The van der Waals surface area contributed by atoms with Crippen LogP contribution in [0.15, 0.2) is 30.2 Å². The van der Waals surface area contributed by atoms with Crippen molar-refractivity contribution in [1.82, 2.24) is 19.4 Å². The van der Waals surface area contributed by atoms with Crippen molar-refractivity contribution in [3.63, 3.8) is 0 Å². The van der Waals surface area contributed by atoms with E-state index in [0.29, 0.717) is 23.9 Å². The maximum atomic E-state index is 11.4. The van der Waals surface area contributed by atoms with E-state index in [0.717, 1.165) is 18.9 Å². The molecule has 3 aromatic rings. The number of rotatable bonds is 3. The summed E-state index contributed by atoms with van der Waals surface area (Å²) >= 11 is 1.39. The van der Waals surface area contributed by atoms with E-state index >= 15 is 0 Å². The molecule has 9 nitrogen and oxygen atoms in total. The molecule has 1 aliphatic heterocycles. The molecule has 0 bridgehead atoms. The molecule has 4 rings (SSSR count). The quantitative estimate of drug-likeness (QED) is 0.529. The predicted molar refractivity (Wildman–Crippen MR) is 86.2 cm³/mol. The maximum absolute atomic E-state index is 11.4. The average Bonchev–Trinajstić information content (AvgIpc) is 3.16. The zero-order valence-corrected chi connectivity index (χ0v) is 12.9. The summed E-state index contributed by atoms with van der Waals surface area (Å²) in [5, 5.41) is 13.2. The first-order chi connectivity index (χ1) is 11.2. The molecule has 4 heterocycles. The molecule has 0 unspecified atom stereocenters. The van der Waals surface area contributed by atoms with Crippen molar-refractivity contribution in [3.05, 3.63) is 40.3 Å². The van der Waals surface area contributed by atoms with Gasteiger partial charge in [-0.1, -0.05) is 11.3 Å². The van der Waals surface area contributed by atoms with E-state index in [4.69, 9.17) is 0 Å². The summed E-state index contributed by atoms with van der Waals surface area (Å²) in [5.41, 5.74) is 0. The van der Waals surface area contributed by atoms with Crippen molar-refractivity contribution in [3.8, 4) is 0 Å². The van der Waals surface area contributed by atoms with Gasteiger partial charge in [0.25, 0.3) is 4.96 Å². The van der Waals surface area contributed by atoms with Crippen LogP contribution in [0.3, 0.4) is 0 Å². The van der Waals surface area contributed by atoms with Crippen molar-refractivity contribution in [1.29, 1.82) is 0 Å². The van der Waals surface area contributed by atoms with Crippen molar-refractivity contribution < 1.29 is 4.92 Å². The van der Waals surface area contributed by atoms with Gasteiger partial charge in [0.05, 0.1) is 6.20 Å². The SMILES string of the molecule is O=[N+]([O-])c1c(N2CCN(c3cnccn3)CC2)nc2sccn12. The highest BCUT2D eigenvalue weighted by molar-refractivity contribution is 7.15. The minimum atomic E-state index is -0.364. The molecule has 0 aromatic carbocycles. The van der Waals surface area contributed by atoms with E-state index in [1.165, 1.54) is 15.7 Å². The summed E-state index contributed by atoms with van der Waals surface area (Å²) in [5.74, 6) is 1.31. The van der Waals surface area contributed by atoms with Crippen LogP contribution in [-0.2, 0) is 0 Å². The number of fused-ring (bicyclic) bond motifs is 1. The van der Waals surface area contributed by atoms with E-state index in [9.17, 15) is 10.1 Å². The number of thiazole rings is 1. The molecular formula is C13H13N7O2S. The molecule has 1 aliphatic rings. The van der Waals surface area contributed by atoms with Gasteiger partial charge in [-0.2, -0.15) is 9.38 Å². The lowest BCUT2D eigenvalue weighted by molar-refractivity contribution is -0.389. The number of aromatic nitrogens is 4. The second kappa shape index (κ2) is 5.47. The largest absolute Gasteiger partial charge is 0.373 e. The Morgan fingerprint density at radius 2 is 1.96 bits per heavy atom. The van der Waals surface area contributed by atoms with Crippen LogP contribution in [0.2, 0.25) is 0 Å². The van der Waals surface area contributed by atoms with E-state index in [1.54, 1.807) is 30.2 Å². The Kier molecular flexibility index (Phi) is 3.30. The van der Waals surface area contributed by atoms with Crippen LogP contribution in [0.4, 0.5) is 17.5 Å². The van der Waals surface area contributed by atoms with E-state index in [-0.39, 0.29) is 10.7 Å². The standard InChI is InChI=1S/C13H13N7O2S/c21-20(22)12-11(16-13-19(12)7-8-23-13)18-5-3-17(4-6-18)10-9-14-1-2-15-10/h1-2,7-9H,3-6H2.